The van der Waals surface area contributed by atoms with Crippen molar-refractivity contribution in [3.05, 3.63) is 58.1 Å². The van der Waals surface area contributed by atoms with Crippen molar-refractivity contribution in [2.75, 3.05) is 24.3 Å². The van der Waals surface area contributed by atoms with Gasteiger partial charge in [0.05, 0.1) is 0 Å². The lowest BCUT2D eigenvalue weighted by molar-refractivity contribution is 0.913. The van der Waals surface area contributed by atoms with Crippen LogP contribution < -0.4 is 10.2 Å². The van der Waals surface area contributed by atoms with E-state index >= 15 is 0 Å². The predicted molar refractivity (Wildman–Crippen MR) is 87.0 cm³/mol. The summed E-state index contributed by atoms with van der Waals surface area (Å²) in [5, 5.41) is 3.13. The highest BCUT2D eigenvalue weighted by atomic mass is 79.9. The van der Waals surface area contributed by atoms with Crippen LogP contribution in [0.15, 0.2) is 46.9 Å². The SMILES string of the molecule is CNc1ccc(N(C)Cc2cc(Br)ccc2C)cc1. The molecule has 0 saturated heterocycles. The summed E-state index contributed by atoms with van der Waals surface area (Å²) in [4.78, 5) is 2.26. The van der Waals surface area contributed by atoms with E-state index in [4.69, 9.17) is 0 Å². The first-order valence-electron chi connectivity index (χ1n) is 6.34. The van der Waals surface area contributed by atoms with Gasteiger partial charge in [0.25, 0.3) is 0 Å². The molecule has 0 aliphatic carbocycles. The van der Waals surface area contributed by atoms with Crippen LogP contribution in [0.5, 0.6) is 0 Å². The third-order valence-electron chi connectivity index (χ3n) is 3.32. The largest absolute Gasteiger partial charge is 0.388 e. The van der Waals surface area contributed by atoms with Crippen molar-refractivity contribution in [3.8, 4) is 0 Å². The second-order valence-corrected chi connectivity index (χ2v) is 5.64. The number of anilines is 2. The highest BCUT2D eigenvalue weighted by Gasteiger charge is 2.05. The minimum absolute atomic E-state index is 0.907. The maximum atomic E-state index is 3.53. The molecule has 0 radical (unpaired) electrons. The Morgan fingerprint density at radius 2 is 1.79 bits per heavy atom. The van der Waals surface area contributed by atoms with Crippen LogP contribution in [0.25, 0.3) is 0 Å². The molecule has 3 heteroatoms. The molecule has 0 fully saturated rings. The van der Waals surface area contributed by atoms with Crippen molar-refractivity contribution in [3.63, 3.8) is 0 Å². The molecule has 0 unspecified atom stereocenters. The summed E-state index contributed by atoms with van der Waals surface area (Å²) in [6.07, 6.45) is 0. The Bertz CT molecular complexity index is 549. The van der Waals surface area contributed by atoms with E-state index in [1.165, 1.54) is 16.8 Å². The van der Waals surface area contributed by atoms with E-state index in [9.17, 15) is 0 Å². The van der Waals surface area contributed by atoms with Crippen molar-refractivity contribution in [1.82, 2.24) is 0 Å². The van der Waals surface area contributed by atoms with Gasteiger partial charge in [-0.25, -0.2) is 0 Å². The molecule has 0 saturated carbocycles. The lowest BCUT2D eigenvalue weighted by Crippen LogP contribution is -2.17. The molecule has 0 spiro atoms. The van der Waals surface area contributed by atoms with E-state index < -0.39 is 0 Å². The van der Waals surface area contributed by atoms with Gasteiger partial charge in [0.1, 0.15) is 0 Å². The Balaban J connectivity index is 2.15. The van der Waals surface area contributed by atoms with E-state index in [2.05, 4.69) is 82.6 Å². The average molecular weight is 319 g/mol. The maximum Gasteiger partial charge on any atom is 0.0429 e. The molecular formula is C16H19BrN2. The molecule has 0 heterocycles. The van der Waals surface area contributed by atoms with Gasteiger partial charge in [-0.1, -0.05) is 22.0 Å². The predicted octanol–water partition coefficient (Wildman–Crippen LogP) is 4.44. The van der Waals surface area contributed by atoms with Gasteiger partial charge in [0, 0.05) is 36.5 Å². The molecule has 2 nitrogen and oxygen atoms in total. The molecular weight excluding hydrogens is 300 g/mol. The molecule has 0 amide bonds. The van der Waals surface area contributed by atoms with E-state index in [1.54, 1.807) is 0 Å². The normalized spacial score (nSPS) is 10.3. The number of nitrogens with zero attached hydrogens (tertiary/aromatic N) is 1. The van der Waals surface area contributed by atoms with Crippen LogP contribution in [-0.2, 0) is 6.54 Å². The Morgan fingerprint density at radius 1 is 1.11 bits per heavy atom. The van der Waals surface area contributed by atoms with Gasteiger partial charge in [-0.15, -0.1) is 0 Å². The topological polar surface area (TPSA) is 15.3 Å². The van der Waals surface area contributed by atoms with Crippen LogP contribution >= 0.6 is 15.9 Å². The van der Waals surface area contributed by atoms with Crippen molar-refractivity contribution in [2.24, 2.45) is 0 Å². The summed E-state index contributed by atoms with van der Waals surface area (Å²) in [7, 11) is 4.05. The number of hydrogen-bond acceptors (Lipinski definition) is 2. The highest BCUT2D eigenvalue weighted by molar-refractivity contribution is 9.10. The van der Waals surface area contributed by atoms with Crippen LogP contribution in [0, 0.1) is 6.92 Å². The average Bonchev–Trinajstić information content (AvgIpc) is 2.43. The summed E-state index contributed by atoms with van der Waals surface area (Å²) in [5.74, 6) is 0. The number of rotatable bonds is 4. The first-order valence-corrected chi connectivity index (χ1v) is 7.13. The molecule has 1 N–H and O–H groups in total. The van der Waals surface area contributed by atoms with E-state index in [0.717, 1.165) is 16.7 Å². The molecule has 2 rings (SSSR count). The van der Waals surface area contributed by atoms with Crippen LogP contribution in [0.1, 0.15) is 11.1 Å². The van der Waals surface area contributed by atoms with Crippen molar-refractivity contribution in [1.29, 1.82) is 0 Å². The summed E-state index contributed by atoms with van der Waals surface area (Å²) < 4.78 is 1.13. The van der Waals surface area contributed by atoms with Crippen molar-refractivity contribution >= 4 is 27.3 Å². The van der Waals surface area contributed by atoms with Crippen LogP contribution in [0.2, 0.25) is 0 Å². The lowest BCUT2D eigenvalue weighted by atomic mass is 10.1. The van der Waals surface area contributed by atoms with Gasteiger partial charge in [-0.3, -0.25) is 0 Å². The molecule has 0 aliphatic rings. The van der Waals surface area contributed by atoms with Crippen LogP contribution in [-0.4, -0.2) is 14.1 Å². The fourth-order valence-electron chi connectivity index (χ4n) is 2.04. The standard InChI is InChI=1S/C16H19BrN2/c1-12-4-5-14(17)10-13(12)11-19(3)16-8-6-15(18-2)7-9-16/h4-10,18H,11H2,1-3H3. The molecule has 0 bridgehead atoms. The molecule has 100 valence electrons. The van der Waals surface area contributed by atoms with Gasteiger partial charge < -0.3 is 10.2 Å². The van der Waals surface area contributed by atoms with E-state index in [0.29, 0.717) is 0 Å². The first-order chi connectivity index (χ1) is 9.10. The van der Waals surface area contributed by atoms with E-state index in [-0.39, 0.29) is 0 Å². The summed E-state index contributed by atoms with van der Waals surface area (Å²) >= 11 is 3.53. The Kier molecular flexibility index (Phi) is 4.48. The van der Waals surface area contributed by atoms with Gasteiger partial charge in [-0.05, 0) is 54.4 Å². The molecule has 2 aromatic rings. The summed E-state index contributed by atoms with van der Waals surface area (Å²) in [6.45, 7) is 3.06. The number of nitrogens with one attached hydrogen (secondary N) is 1. The number of hydrogen-bond donors (Lipinski definition) is 1. The van der Waals surface area contributed by atoms with Gasteiger partial charge in [0.15, 0.2) is 0 Å². The fourth-order valence-corrected chi connectivity index (χ4v) is 2.45. The first kappa shape index (κ1) is 13.9. The fraction of sp³-hybridized carbons (Fsp3) is 0.250. The zero-order valence-electron chi connectivity index (χ0n) is 11.6. The molecule has 2 aromatic carbocycles. The summed E-state index contributed by atoms with van der Waals surface area (Å²) in [6, 6.07) is 14.9. The zero-order chi connectivity index (χ0) is 13.8. The Labute approximate surface area is 123 Å². The lowest BCUT2D eigenvalue weighted by Gasteiger charge is -2.21. The monoisotopic (exact) mass is 318 g/mol. The quantitative estimate of drug-likeness (QED) is 0.896. The number of halogens is 1. The van der Waals surface area contributed by atoms with Crippen molar-refractivity contribution < 1.29 is 0 Å². The van der Waals surface area contributed by atoms with Crippen LogP contribution in [0.3, 0.4) is 0 Å². The summed E-state index contributed by atoms with van der Waals surface area (Å²) in [5.41, 5.74) is 5.02. The van der Waals surface area contributed by atoms with Crippen molar-refractivity contribution in [2.45, 2.75) is 13.5 Å². The number of benzene rings is 2. The third-order valence-corrected chi connectivity index (χ3v) is 3.81. The smallest absolute Gasteiger partial charge is 0.0429 e. The number of aryl methyl sites for hydroxylation is 1. The Hall–Kier alpha value is -1.48. The third kappa shape index (κ3) is 3.51. The maximum absolute atomic E-state index is 3.53. The van der Waals surface area contributed by atoms with E-state index in [1.807, 2.05) is 7.05 Å². The van der Waals surface area contributed by atoms with Crippen LogP contribution in [0.4, 0.5) is 11.4 Å². The molecule has 19 heavy (non-hydrogen) atoms. The van der Waals surface area contributed by atoms with Gasteiger partial charge in [-0.2, -0.15) is 0 Å². The minimum atomic E-state index is 0.907. The van der Waals surface area contributed by atoms with Gasteiger partial charge in [0.2, 0.25) is 0 Å². The highest BCUT2D eigenvalue weighted by Crippen LogP contribution is 2.21. The molecule has 0 aromatic heterocycles. The molecule has 0 aliphatic heterocycles. The minimum Gasteiger partial charge on any atom is -0.388 e. The second-order valence-electron chi connectivity index (χ2n) is 4.72. The Morgan fingerprint density at radius 3 is 2.42 bits per heavy atom. The zero-order valence-corrected chi connectivity index (χ0v) is 13.2. The molecule has 0 atom stereocenters. The van der Waals surface area contributed by atoms with Gasteiger partial charge >= 0.3 is 0 Å². The second kappa shape index (κ2) is 6.11.